The molecular formula is C35H51BrO5. The van der Waals surface area contributed by atoms with Gasteiger partial charge in [-0.05, 0) is 98.8 Å². The molecule has 1 aliphatic heterocycles. The van der Waals surface area contributed by atoms with E-state index in [2.05, 4.69) is 41.1 Å². The minimum atomic E-state index is -0.969. The van der Waals surface area contributed by atoms with Crippen molar-refractivity contribution in [1.82, 2.24) is 0 Å². The second-order valence-electron chi connectivity index (χ2n) is 13.4. The van der Waals surface area contributed by atoms with E-state index in [1.54, 1.807) is 0 Å². The van der Waals surface area contributed by atoms with Crippen LogP contribution in [0.25, 0.3) is 0 Å². The smallest absolute Gasteiger partial charge is 0.315 e. The van der Waals surface area contributed by atoms with Gasteiger partial charge in [0.15, 0.2) is 0 Å². The molecule has 41 heavy (non-hydrogen) atoms. The van der Waals surface area contributed by atoms with Crippen LogP contribution < -0.4 is 4.74 Å². The number of hydrogen-bond acceptors (Lipinski definition) is 5. The Morgan fingerprint density at radius 2 is 1.76 bits per heavy atom. The van der Waals surface area contributed by atoms with Crippen LogP contribution in [0.15, 0.2) is 18.2 Å². The highest BCUT2D eigenvalue weighted by atomic mass is 79.9. The van der Waals surface area contributed by atoms with Crippen LogP contribution >= 0.6 is 15.9 Å². The number of alkyl halides is 1. The van der Waals surface area contributed by atoms with Gasteiger partial charge in [-0.2, -0.15) is 0 Å². The van der Waals surface area contributed by atoms with Crippen molar-refractivity contribution >= 4 is 27.7 Å². The molecule has 1 heterocycles. The maximum absolute atomic E-state index is 13.0. The van der Waals surface area contributed by atoms with Crippen LogP contribution in [0.3, 0.4) is 0 Å². The molecule has 0 aromatic heterocycles. The van der Waals surface area contributed by atoms with Crippen LogP contribution in [0.5, 0.6) is 5.75 Å². The molecule has 0 spiro atoms. The highest BCUT2D eigenvalue weighted by Crippen LogP contribution is 2.59. The van der Waals surface area contributed by atoms with Gasteiger partial charge in [-0.3, -0.25) is 9.59 Å². The fraction of sp³-hybridized carbons (Fsp3) is 0.771. The summed E-state index contributed by atoms with van der Waals surface area (Å²) < 4.78 is 18.4. The van der Waals surface area contributed by atoms with E-state index in [1.165, 1.54) is 56.8 Å². The van der Waals surface area contributed by atoms with Crippen molar-refractivity contribution in [2.45, 2.75) is 128 Å². The van der Waals surface area contributed by atoms with Crippen LogP contribution in [0, 0.1) is 23.2 Å². The van der Waals surface area contributed by atoms with E-state index in [4.69, 9.17) is 14.2 Å². The minimum absolute atomic E-state index is 0.0946. The van der Waals surface area contributed by atoms with E-state index in [1.807, 2.05) is 0 Å². The first kappa shape index (κ1) is 31.0. The molecule has 5 nitrogen and oxygen atoms in total. The Kier molecular flexibility index (Phi) is 10.5. The number of methoxy groups -OCH3 is 1. The zero-order valence-corrected chi connectivity index (χ0v) is 27.0. The van der Waals surface area contributed by atoms with Gasteiger partial charge in [-0.15, -0.1) is 0 Å². The summed E-state index contributed by atoms with van der Waals surface area (Å²) in [7, 11) is 1.47. The topological polar surface area (TPSA) is 61.8 Å². The number of benzene rings is 1. The molecule has 0 N–H and O–H groups in total. The van der Waals surface area contributed by atoms with E-state index in [0.717, 1.165) is 75.3 Å². The lowest BCUT2D eigenvalue weighted by atomic mass is 9.55. The van der Waals surface area contributed by atoms with Crippen molar-refractivity contribution in [3.8, 4) is 5.75 Å². The van der Waals surface area contributed by atoms with Crippen molar-refractivity contribution in [3.63, 3.8) is 0 Å². The molecule has 0 amide bonds. The largest absolute Gasteiger partial charge is 0.469 e. The lowest BCUT2D eigenvalue weighted by Gasteiger charge is -2.48. The predicted octanol–water partition coefficient (Wildman–Crippen LogP) is 8.69. The fourth-order valence-corrected chi connectivity index (χ4v) is 9.21. The van der Waals surface area contributed by atoms with Gasteiger partial charge in [0.1, 0.15) is 17.5 Å². The van der Waals surface area contributed by atoms with E-state index >= 15 is 0 Å². The normalized spacial score (nSPS) is 32.6. The van der Waals surface area contributed by atoms with Crippen molar-refractivity contribution in [3.05, 3.63) is 29.3 Å². The number of hydrogen-bond donors (Lipinski definition) is 0. The van der Waals surface area contributed by atoms with Crippen LogP contribution in [-0.4, -0.2) is 36.6 Å². The molecule has 0 radical (unpaired) electrons. The molecule has 228 valence electrons. The quantitative estimate of drug-likeness (QED) is 0.124. The number of ether oxygens (including phenoxy) is 3. The third-order valence-electron chi connectivity index (χ3n) is 11.1. The number of carbonyl (C=O) groups excluding carboxylic acids is 2. The Labute approximate surface area is 256 Å². The van der Waals surface area contributed by atoms with E-state index < -0.39 is 11.7 Å². The van der Waals surface area contributed by atoms with Crippen LogP contribution in [0.4, 0.5) is 0 Å². The molecule has 3 fully saturated rings. The van der Waals surface area contributed by atoms with E-state index in [0.29, 0.717) is 36.6 Å². The molecule has 6 heteroatoms. The lowest BCUT2D eigenvalue weighted by molar-refractivity contribution is -0.246. The highest BCUT2D eigenvalue weighted by Gasteiger charge is 2.54. The summed E-state index contributed by atoms with van der Waals surface area (Å²) in [5.74, 6) is 1.38. The van der Waals surface area contributed by atoms with Crippen LogP contribution in [0.1, 0.15) is 127 Å². The van der Waals surface area contributed by atoms with Crippen molar-refractivity contribution in [1.29, 1.82) is 0 Å². The molecule has 3 aliphatic carbocycles. The number of carbonyl (C=O) groups is 2. The number of rotatable bonds is 13. The summed E-state index contributed by atoms with van der Waals surface area (Å²) >= 11 is 3.52. The molecular weight excluding hydrogens is 580 g/mol. The fourth-order valence-electron chi connectivity index (χ4n) is 8.81. The predicted molar refractivity (Wildman–Crippen MR) is 165 cm³/mol. The average Bonchev–Trinajstić information content (AvgIpc) is 3.30. The summed E-state index contributed by atoms with van der Waals surface area (Å²) in [6.07, 6.45) is 18.1. The van der Waals surface area contributed by atoms with E-state index in [9.17, 15) is 9.59 Å². The summed E-state index contributed by atoms with van der Waals surface area (Å²) in [5.41, 5.74) is 2.73. The number of ketones is 1. The Morgan fingerprint density at radius 3 is 2.51 bits per heavy atom. The summed E-state index contributed by atoms with van der Waals surface area (Å²) in [6, 6.07) is 6.61. The van der Waals surface area contributed by atoms with Crippen LogP contribution in [0.2, 0.25) is 0 Å². The average molecular weight is 632 g/mol. The standard InChI is InChI=1S/C35H51BrO5/c1-34-21-19-28-27-16-14-26(24-25(27)13-15-29(28)30(34)17-18-32(34)37)41-35(31(33(38)39-2)12-11-23-40-35)20-9-7-5-3-4-6-8-10-22-36/h14,16,24,28-31H,3-13,15,17-23H2,1-2H3/t28-,29-,30+,31?,34+,35?/m1/s1. The number of esters is 1. The van der Waals surface area contributed by atoms with Gasteiger partial charge >= 0.3 is 5.97 Å². The van der Waals surface area contributed by atoms with Gasteiger partial charge < -0.3 is 14.2 Å². The first-order chi connectivity index (χ1) is 19.9. The monoisotopic (exact) mass is 630 g/mol. The second-order valence-corrected chi connectivity index (χ2v) is 14.2. The highest BCUT2D eigenvalue weighted by molar-refractivity contribution is 9.09. The van der Waals surface area contributed by atoms with E-state index in [-0.39, 0.29) is 11.4 Å². The Morgan fingerprint density at radius 1 is 1.00 bits per heavy atom. The molecule has 2 saturated carbocycles. The molecule has 0 bridgehead atoms. The maximum atomic E-state index is 13.0. The first-order valence-electron chi connectivity index (χ1n) is 16.5. The van der Waals surface area contributed by atoms with Gasteiger partial charge in [0.05, 0.1) is 13.7 Å². The number of Topliss-reactive ketones (excluding diaryl/α,β-unsaturated/α-hetero) is 1. The third kappa shape index (κ3) is 6.59. The Bertz CT molecular complexity index is 1060. The van der Waals surface area contributed by atoms with Crippen molar-refractivity contribution in [2.75, 3.05) is 19.0 Å². The number of unbranched alkanes of at least 4 members (excludes halogenated alkanes) is 7. The first-order valence-corrected chi connectivity index (χ1v) is 17.7. The van der Waals surface area contributed by atoms with Crippen molar-refractivity contribution in [2.24, 2.45) is 23.2 Å². The number of halogens is 1. The molecule has 1 saturated heterocycles. The molecule has 2 unspecified atom stereocenters. The van der Waals surface area contributed by atoms with Gasteiger partial charge in [0.2, 0.25) is 5.79 Å². The van der Waals surface area contributed by atoms with Gasteiger partial charge in [0.25, 0.3) is 0 Å². The molecule has 5 rings (SSSR count). The van der Waals surface area contributed by atoms with Gasteiger partial charge in [-0.25, -0.2) is 0 Å². The SMILES string of the molecule is COC(=O)C1CCCOC1(CCCCCCCCCCBr)Oc1ccc2c(c1)CC[C@@H]1[C@@H]2CC[C@]2(C)C(=O)CC[C@@H]12. The lowest BCUT2D eigenvalue weighted by Crippen LogP contribution is -2.53. The third-order valence-corrected chi connectivity index (χ3v) is 11.7. The molecule has 1 aromatic carbocycles. The summed E-state index contributed by atoms with van der Waals surface area (Å²) in [5, 5.41) is 1.10. The minimum Gasteiger partial charge on any atom is -0.469 e. The molecule has 4 aliphatic rings. The Balaban J connectivity index is 1.27. The van der Waals surface area contributed by atoms with Gasteiger partial charge in [-0.1, -0.05) is 67.4 Å². The second kappa shape index (κ2) is 13.9. The summed E-state index contributed by atoms with van der Waals surface area (Å²) in [6.45, 7) is 2.84. The summed E-state index contributed by atoms with van der Waals surface area (Å²) in [4.78, 5) is 25.7. The van der Waals surface area contributed by atoms with Crippen LogP contribution in [-0.2, 0) is 25.5 Å². The molecule has 6 atom stereocenters. The van der Waals surface area contributed by atoms with Crippen molar-refractivity contribution < 1.29 is 23.8 Å². The zero-order valence-electron chi connectivity index (χ0n) is 25.4. The number of fused-ring (bicyclic) bond motifs is 5. The number of aryl methyl sites for hydroxylation is 1. The maximum Gasteiger partial charge on any atom is 0.315 e. The Hall–Kier alpha value is -1.40. The zero-order chi connectivity index (χ0) is 28.9. The molecule has 1 aromatic rings. The van der Waals surface area contributed by atoms with Gasteiger partial charge in [0, 0.05) is 23.6 Å².